The number of amides is 2. The average Bonchev–Trinajstić information content (AvgIpc) is 2.49. The average molecular weight is 236 g/mol. The number of methoxy groups -OCH3 is 1. The maximum absolute atomic E-state index is 11.3. The lowest BCUT2D eigenvalue weighted by Gasteiger charge is -2.09. The van der Waals surface area contributed by atoms with Gasteiger partial charge in [-0.05, 0) is 18.2 Å². The van der Waals surface area contributed by atoms with E-state index in [1.54, 1.807) is 18.2 Å². The van der Waals surface area contributed by atoms with Gasteiger partial charge in [-0.1, -0.05) is 0 Å². The highest BCUT2D eigenvalue weighted by molar-refractivity contribution is 5.94. The quantitative estimate of drug-likeness (QED) is 0.776. The standard InChI is InChI=1S/C11H12N2O4/c1-16-11(15)12-7-2-3-9-8(6-7)13-10(14)4-5-17-9/h2-3,6H,4-5H2,1H3,(H,12,15)(H,13,14). The van der Waals surface area contributed by atoms with Gasteiger partial charge in [0.05, 0.1) is 25.8 Å². The Morgan fingerprint density at radius 1 is 1.53 bits per heavy atom. The number of fused-ring (bicyclic) bond motifs is 1. The van der Waals surface area contributed by atoms with Crippen LogP contribution in [0.3, 0.4) is 0 Å². The van der Waals surface area contributed by atoms with Crippen molar-refractivity contribution in [1.29, 1.82) is 0 Å². The normalized spacial score (nSPS) is 13.8. The molecule has 1 aliphatic rings. The van der Waals surface area contributed by atoms with Gasteiger partial charge >= 0.3 is 6.09 Å². The van der Waals surface area contributed by atoms with Crippen molar-refractivity contribution in [2.75, 3.05) is 24.4 Å². The summed E-state index contributed by atoms with van der Waals surface area (Å²) in [5, 5.41) is 5.21. The number of carbonyl (C=O) groups is 2. The molecule has 0 radical (unpaired) electrons. The van der Waals surface area contributed by atoms with Crippen LogP contribution in [0.25, 0.3) is 0 Å². The summed E-state index contributed by atoms with van der Waals surface area (Å²) in [5.74, 6) is 0.477. The van der Waals surface area contributed by atoms with E-state index in [9.17, 15) is 9.59 Å². The van der Waals surface area contributed by atoms with Gasteiger partial charge in [-0.25, -0.2) is 4.79 Å². The molecule has 1 aliphatic heterocycles. The lowest BCUT2D eigenvalue weighted by atomic mass is 10.2. The molecule has 1 aromatic rings. The van der Waals surface area contributed by atoms with Crippen molar-refractivity contribution in [3.8, 4) is 5.75 Å². The number of rotatable bonds is 1. The van der Waals surface area contributed by atoms with Gasteiger partial charge in [0.25, 0.3) is 0 Å². The van der Waals surface area contributed by atoms with Gasteiger partial charge in [-0.15, -0.1) is 0 Å². The minimum Gasteiger partial charge on any atom is -0.491 e. The lowest BCUT2D eigenvalue weighted by Crippen LogP contribution is -2.12. The number of hydrogen-bond acceptors (Lipinski definition) is 4. The predicted molar refractivity (Wildman–Crippen MR) is 61.2 cm³/mol. The summed E-state index contributed by atoms with van der Waals surface area (Å²) in [6.45, 7) is 0.350. The number of anilines is 2. The smallest absolute Gasteiger partial charge is 0.411 e. The first-order chi connectivity index (χ1) is 8.19. The third-order valence-corrected chi connectivity index (χ3v) is 2.27. The fraction of sp³-hybridized carbons (Fsp3) is 0.273. The molecule has 0 bridgehead atoms. The molecule has 2 N–H and O–H groups in total. The van der Waals surface area contributed by atoms with E-state index >= 15 is 0 Å². The first-order valence-electron chi connectivity index (χ1n) is 5.11. The maximum Gasteiger partial charge on any atom is 0.411 e. The summed E-state index contributed by atoms with van der Waals surface area (Å²) in [5.41, 5.74) is 1.07. The van der Waals surface area contributed by atoms with Crippen LogP contribution in [0.5, 0.6) is 5.75 Å². The van der Waals surface area contributed by atoms with E-state index in [-0.39, 0.29) is 5.91 Å². The third-order valence-electron chi connectivity index (χ3n) is 2.27. The third kappa shape index (κ3) is 2.66. The summed E-state index contributed by atoms with van der Waals surface area (Å²) in [6, 6.07) is 4.98. The van der Waals surface area contributed by atoms with Gasteiger partial charge < -0.3 is 14.8 Å². The Kier molecular flexibility index (Phi) is 3.13. The number of benzene rings is 1. The summed E-state index contributed by atoms with van der Waals surface area (Å²) in [6.07, 6.45) is -0.250. The number of ether oxygens (including phenoxy) is 2. The van der Waals surface area contributed by atoms with E-state index in [1.165, 1.54) is 7.11 Å². The zero-order valence-electron chi connectivity index (χ0n) is 9.28. The van der Waals surface area contributed by atoms with Gasteiger partial charge in [-0.2, -0.15) is 0 Å². The molecule has 6 nitrogen and oxygen atoms in total. The molecule has 2 rings (SSSR count). The Morgan fingerprint density at radius 2 is 2.35 bits per heavy atom. The second kappa shape index (κ2) is 4.73. The highest BCUT2D eigenvalue weighted by atomic mass is 16.5. The minimum absolute atomic E-state index is 0.112. The van der Waals surface area contributed by atoms with Gasteiger partial charge in [-0.3, -0.25) is 10.1 Å². The van der Waals surface area contributed by atoms with Crippen molar-refractivity contribution in [2.24, 2.45) is 0 Å². The number of nitrogens with one attached hydrogen (secondary N) is 2. The van der Waals surface area contributed by atoms with Crippen LogP contribution >= 0.6 is 0 Å². The molecule has 0 fully saturated rings. The summed E-state index contributed by atoms with van der Waals surface area (Å²) < 4.78 is 9.85. The first kappa shape index (κ1) is 11.3. The predicted octanol–water partition coefficient (Wildman–Crippen LogP) is 1.59. The Balaban J connectivity index is 2.23. The maximum atomic E-state index is 11.3. The van der Waals surface area contributed by atoms with Crippen LogP contribution in [-0.2, 0) is 9.53 Å². The van der Waals surface area contributed by atoms with Crippen LogP contribution in [-0.4, -0.2) is 25.7 Å². The highest BCUT2D eigenvalue weighted by Crippen LogP contribution is 2.29. The Labute approximate surface area is 97.9 Å². The number of hydrogen-bond donors (Lipinski definition) is 2. The molecular weight excluding hydrogens is 224 g/mol. The number of carbonyl (C=O) groups excluding carboxylic acids is 2. The molecule has 2 amide bonds. The zero-order valence-corrected chi connectivity index (χ0v) is 9.28. The van der Waals surface area contributed by atoms with Gasteiger partial charge in [0.2, 0.25) is 5.91 Å². The molecule has 0 saturated heterocycles. The van der Waals surface area contributed by atoms with Crippen molar-refractivity contribution < 1.29 is 19.1 Å². The SMILES string of the molecule is COC(=O)Nc1ccc2c(c1)NC(=O)CCO2. The molecule has 0 aliphatic carbocycles. The van der Waals surface area contributed by atoms with Crippen LogP contribution < -0.4 is 15.4 Å². The Hall–Kier alpha value is -2.24. The second-order valence-electron chi connectivity index (χ2n) is 3.47. The molecule has 1 heterocycles. The van der Waals surface area contributed by atoms with Crippen molar-refractivity contribution in [1.82, 2.24) is 0 Å². The van der Waals surface area contributed by atoms with Crippen LogP contribution in [0.1, 0.15) is 6.42 Å². The second-order valence-corrected chi connectivity index (χ2v) is 3.47. The monoisotopic (exact) mass is 236 g/mol. The van der Waals surface area contributed by atoms with Crippen LogP contribution in [0.4, 0.5) is 16.2 Å². The molecule has 0 aromatic heterocycles. The van der Waals surface area contributed by atoms with Crippen LogP contribution in [0, 0.1) is 0 Å². The van der Waals surface area contributed by atoms with E-state index in [0.29, 0.717) is 30.2 Å². The fourth-order valence-electron chi connectivity index (χ4n) is 1.47. The topological polar surface area (TPSA) is 76.7 Å². The van der Waals surface area contributed by atoms with Crippen molar-refractivity contribution in [3.63, 3.8) is 0 Å². The molecule has 0 atom stereocenters. The Bertz CT molecular complexity index is 459. The van der Waals surface area contributed by atoms with Crippen molar-refractivity contribution in [2.45, 2.75) is 6.42 Å². The summed E-state index contributed by atoms with van der Waals surface area (Å²) in [4.78, 5) is 22.4. The van der Waals surface area contributed by atoms with E-state index < -0.39 is 6.09 Å². The van der Waals surface area contributed by atoms with Gasteiger partial charge in [0.1, 0.15) is 5.75 Å². The highest BCUT2D eigenvalue weighted by Gasteiger charge is 2.14. The van der Waals surface area contributed by atoms with E-state index in [0.717, 1.165) is 0 Å². The Morgan fingerprint density at radius 3 is 3.12 bits per heavy atom. The van der Waals surface area contributed by atoms with Crippen LogP contribution in [0.15, 0.2) is 18.2 Å². The molecule has 0 saturated carbocycles. The zero-order chi connectivity index (χ0) is 12.3. The molecule has 6 heteroatoms. The van der Waals surface area contributed by atoms with Crippen molar-refractivity contribution >= 4 is 23.4 Å². The van der Waals surface area contributed by atoms with E-state index in [4.69, 9.17) is 4.74 Å². The van der Waals surface area contributed by atoms with Crippen molar-refractivity contribution in [3.05, 3.63) is 18.2 Å². The molecule has 90 valence electrons. The first-order valence-corrected chi connectivity index (χ1v) is 5.11. The molecule has 1 aromatic carbocycles. The lowest BCUT2D eigenvalue weighted by molar-refractivity contribution is -0.116. The molecule has 17 heavy (non-hydrogen) atoms. The van der Waals surface area contributed by atoms with Gasteiger partial charge in [0.15, 0.2) is 0 Å². The van der Waals surface area contributed by atoms with E-state index in [2.05, 4.69) is 15.4 Å². The minimum atomic E-state index is -0.564. The van der Waals surface area contributed by atoms with Crippen LogP contribution in [0.2, 0.25) is 0 Å². The van der Waals surface area contributed by atoms with Gasteiger partial charge in [0, 0.05) is 5.69 Å². The molecular formula is C11H12N2O4. The van der Waals surface area contributed by atoms with E-state index in [1.807, 2.05) is 0 Å². The molecule has 0 unspecified atom stereocenters. The summed E-state index contributed by atoms with van der Waals surface area (Å²) in [7, 11) is 1.28. The molecule has 0 spiro atoms. The fourth-order valence-corrected chi connectivity index (χ4v) is 1.47. The summed E-state index contributed by atoms with van der Waals surface area (Å²) >= 11 is 0. The largest absolute Gasteiger partial charge is 0.491 e.